The fourth-order valence-electron chi connectivity index (χ4n) is 2.61. The molecule has 1 aromatic carbocycles. The molecule has 22 heavy (non-hydrogen) atoms. The lowest BCUT2D eigenvalue weighted by Crippen LogP contribution is -2.15. The highest BCUT2D eigenvalue weighted by molar-refractivity contribution is 8.00. The summed E-state index contributed by atoms with van der Waals surface area (Å²) in [6.45, 7) is 1.91. The first-order chi connectivity index (χ1) is 10.5. The topological polar surface area (TPSA) is 84.2 Å². The maximum Gasteiger partial charge on any atom is 0.335 e. The Hall–Kier alpha value is -2.28. The Bertz CT molecular complexity index is 752. The number of rotatable bonds is 2. The summed E-state index contributed by atoms with van der Waals surface area (Å²) in [6, 6.07) is 6.77. The van der Waals surface area contributed by atoms with Crippen molar-refractivity contribution in [3.8, 4) is 0 Å². The molecular formula is C15H15N3O3S. The van der Waals surface area contributed by atoms with Crippen molar-refractivity contribution in [2.45, 2.75) is 12.2 Å². The number of amides is 1. The first-order valence-electron chi connectivity index (χ1n) is 6.75. The number of nitrogens with zero attached hydrogens (tertiary/aromatic N) is 2. The molecular weight excluding hydrogens is 302 g/mol. The standard InChI is InChI=1S/C15H15N3O3S/c1-8-12-13(9-3-5-10(6-4-9)15(20)21)22-7-11(19)16-14(12)18(2)17-8/h3-6,13H,7H2,1-2H3,(H,16,19)(H,20,21)/t13-/m0/s1. The predicted octanol–water partition coefficient (Wildman–Crippen LogP) is 2.20. The number of nitrogens with one attached hydrogen (secondary N) is 1. The Balaban J connectivity index is 2.07. The number of aryl methyl sites for hydroxylation is 2. The Morgan fingerprint density at radius 3 is 2.73 bits per heavy atom. The number of aromatic carboxylic acids is 1. The molecule has 7 heteroatoms. The number of hydrogen-bond acceptors (Lipinski definition) is 4. The number of fused-ring (bicyclic) bond motifs is 1. The van der Waals surface area contributed by atoms with Gasteiger partial charge in [-0.2, -0.15) is 5.10 Å². The van der Waals surface area contributed by atoms with E-state index in [0.717, 1.165) is 16.8 Å². The van der Waals surface area contributed by atoms with Crippen LogP contribution in [-0.2, 0) is 11.8 Å². The van der Waals surface area contributed by atoms with Crippen molar-refractivity contribution in [3.05, 3.63) is 46.6 Å². The van der Waals surface area contributed by atoms with E-state index < -0.39 is 5.97 Å². The molecule has 6 nitrogen and oxygen atoms in total. The van der Waals surface area contributed by atoms with Crippen LogP contribution in [0.1, 0.15) is 32.4 Å². The lowest BCUT2D eigenvalue weighted by Gasteiger charge is -2.15. The predicted molar refractivity (Wildman–Crippen MR) is 84.3 cm³/mol. The van der Waals surface area contributed by atoms with Crippen molar-refractivity contribution >= 4 is 29.5 Å². The molecule has 0 radical (unpaired) electrons. The minimum Gasteiger partial charge on any atom is -0.478 e. The summed E-state index contributed by atoms with van der Waals surface area (Å²) in [7, 11) is 1.80. The van der Waals surface area contributed by atoms with Crippen LogP contribution in [0.2, 0.25) is 0 Å². The third-order valence-electron chi connectivity index (χ3n) is 3.63. The summed E-state index contributed by atoms with van der Waals surface area (Å²) >= 11 is 1.52. The summed E-state index contributed by atoms with van der Waals surface area (Å²) in [4.78, 5) is 22.8. The summed E-state index contributed by atoms with van der Waals surface area (Å²) in [5, 5.41) is 16.2. The van der Waals surface area contributed by atoms with Gasteiger partial charge in [-0.15, -0.1) is 11.8 Å². The van der Waals surface area contributed by atoms with Crippen LogP contribution in [0.15, 0.2) is 24.3 Å². The van der Waals surface area contributed by atoms with E-state index in [2.05, 4.69) is 10.4 Å². The number of thioether (sulfide) groups is 1. The lowest BCUT2D eigenvalue weighted by atomic mass is 10.0. The van der Waals surface area contributed by atoms with Gasteiger partial charge >= 0.3 is 5.97 Å². The van der Waals surface area contributed by atoms with Crippen molar-refractivity contribution in [2.75, 3.05) is 11.1 Å². The molecule has 2 heterocycles. The van der Waals surface area contributed by atoms with E-state index in [1.165, 1.54) is 11.8 Å². The first-order valence-corrected chi connectivity index (χ1v) is 7.80. The second kappa shape index (κ2) is 5.49. The maximum atomic E-state index is 11.9. The van der Waals surface area contributed by atoms with Gasteiger partial charge in [0.25, 0.3) is 0 Å². The van der Waals surface area contributed by atoms with E-state index in [1.54, 1.807) is 36.0 Å². The van der Waals surface area contributed by atoms with Crippen molar-refractivity contribution < 1.29 is 14.7 Å². The van der Waals surface area contributed by atoms with Crippen molar-refractivity contribution in [2.24, 2.45) is 7.05 Å². The van der Waals surface area contributed by atoms with E-state index in [1.807, 2.05) is 6.92 Å². The molecule has 1 aromatic heterocycles. The molecule has 0 bridgehead atoms. The van der Waals surface area contributed by atoms with Crippen LogP contribution in [0, 0.1) is 6.92 Å². The SMILES string of the molecule is Cc1nn(C)c2c1[C@H](c1ccc(C(=O)O)cc1)SCC(=O)N2. The van der Waals surface area contributed by atoms with Crippen molar-refractivity contribution in [1.29, 1.82) is 0 Å². The molecule has 1 aliphatic rings. The van der Waals surface area contributed by atoms with E-state index in [9.17, 15) is 9.59 Å². The van der Waals surface area contributed by atoms with Crippen LogP contribution in [0.25, 0.3) is 0 Å². The minimum atomic E-state index is -0.949. The van der Waals surface area contributed by atoms with Gasteiger partial charge in [-0.05, 0) is 24.6 Å². The fourth-order valence-corrected chi connectivity index (χ4v) is 3.80. The van der Waals surface area contributed by atoms with Crippen molar-refractivity contribution in [3.63, 3.8) is 0 Å². The molecule has 0 unspecified atom stereocenters. The van der Waals surface area contributed by atoms with Crippen LogP contribution in [0.3, 0.4) is 0 Å². The zero-order valence-corrected chi connectivity index (χ0v) is 13.0. The van der Waals surface area contributed by atoms with E-state index in [-0.39, 0.29) is 16.7 Å². The smallest absolute Gasteiger partial charge is 0.335 e. The molecule has 0 saturated carbocycles. The van der Waals surface area contributed by atoms with Crippen LogP contribution < -0.4 is 5.32 Å². The van der Waals surface area contributed by atoms with Gasteiger partial charge < -0.3 is 10.4 Å². The molecule has 0 saturated heterocycles. The third kappa shape index (κ3) is 2.48. The number of aromatic nitrogens is 2. The number of carboxylic acids is 1. The van der Waals surface area contributed by atoms with Gasteiger partial charge in [-0.3, -0.25) is 9.48 Å². The second-order valence-electron chi connectivity index (χ2n) is 5.14. The van der Waals surface area contributed by atoms with Crippen molar-refractivity contribution in [1.82, 2.24) is 9.78 Å². The van der Waals surface area contributed by atoms with Gasteiger partial charge in [-0.1, -0.05) is 12.1 Å². The van der Waals surface area contributed by atoms with E-state index in [0.29, 0.717) is 11.6 Å². The van der Waals surface area contributed by atoms with Crippen LogP contribution in [0.5, 0.6) is 0 Å². The van der Waals surface area contributed by atoms with Crippen LogP contribution in [0.4, 0.5) is 5.82 Å². The number of anilines is 1. The molecule has 1 amide bonds. The Morgan fingerprint density at radius 2 is 2.09 bits per heavy atom. The highest BCUT2D eigenvalue weighted by Gasteiger charge is 2.29. The highest BCUT2D eigenvalue weighted by atomic mass is 32.2. The number of carboxylic acid groups (broad SMARTS) is 1. The van der Waals surface area contributed by atoms with Crippen LogP contribution >= 0.6 is 11.8 Å². The maximum absolute atomic E-state index is 11.9. The monoisotopic (exact) mass is 317 g/mol. The first kappa shape index (κ1) is 14.6. The largest absolute Gasteiger partial charge is 0.478 e. The van der Waals surface area contributed by atoms with Gasteiger partial charge in [0.15, 0.2) is 0 Å². The van der Waals surface area contributed by atoms with E-state index in [4.69, 9.17) is 5.11 Å². The number of hydrogen-bond donors (Lipinski definition) is 2. The zero-order valence-electron chi connectivity index (χ0n) is 12.2. The van der Waals surface area contributed by atoms with Crippen LogP contribution in [-0.4, -0.2) is 32.5 Å². The Kier molecular flexibility index (Phi) is 3.66. The summed E-state index contributed by atoms with van der Waals surface area (Å²) in [5.74, 6) is 0.0494. The number of carbonyl (C=O) groups is 2. The fraction of sp³-hybridized carbons (Fsp3) is 0.267. The summed E-state index contributed by atoms with van der Waals surface area (Å²) in [6.07, 6.45) is 0. The molecule has 0 spiro atoms. The molecule has 114 valence electrons. The zero-order chi connectivity index (χ0) is 15.9. The lowest BCUT2D eigenvalue weighted by molar-refractivity contribution is -0.113. The molecule has 1 atom stereocenters. The molecule has 0 aliphatic carbocycles. The Labute approximate surface area is 131 Å². The van der Waals surface area contributed by atoms with E-state index >= 15 is 0 Å². The molecule has 0 fully saturated rings. The van der Waals surface area contributed by atoms with Gasteiger partial charge in [0, 0.05) is 12.6 Å². The van der Waals surface area contributed by atoms with Gasteiger partial charge in [-0.25, -0.2) is 4.79 Å². The van der Waals surface area contributed by atoms with Gasteiger partial charge in [0.05, 0.1) is 22.3 Å². The molecule has 2 N–H and O–H groups in total. The highest BCUT2D eigenvalue weighted by Crippen LogP contribution is 2.42. The average Bonchev–Trinajstić information content (AvgIpc) is 2.66. The normalized spacial score (nSPS) is 17.5. The average molecular weight is 317 g/mol. The number of carbonyl (C=O) groups excluding carboxylic acids is 1. The summed E-state index contributed by atoms with van der Waals surface area (Å²) < 4.78 is 1.67. The Morgan fingerprint density at radius 1 is 1.41 bits per heavy atom. The quantitative estimate of drug-likeness (QED) is 0.887. The second-order valence-corrected chi connectivity index (χ2v) is 6.23. The third-order valence-corrected chi connectivity index (χ3v) is 4.90. The minimum absolute atomic E-state index is 0.0505. The summed E-state index contributed by atoms with van der Waals surface area (Å²) in [5.41, 5.74) is 3.05. The van der Waals surface area contributed by atoms with Gasteiger partial charge in [0.1, 0.15) is 5.82 Å². The number of benzene rings is 1. The van der Waals surface area contributed by atoms with Gasteiger partial charge in [0.2, 0.25) is 5.91 Å². The molecule has 2 aromatic rings. The molecule has 3 rings (SSSR count). The molecule has 1 aliphatic heterocycles.